The highest BCUT2D eigenvalue weighted by molar-refractivity contribution is 7.92. The molecule has 0 bridgehead atoms. The van der Waals surface area contributed by atoms with Crippen molar-refractivity contribution in [2.45, 2.75) is 38.6 Å². The Morgan fingerprint density at radius 3 is 2.67 bits per heavy atom. The maximum atomic E-state index is 12.1. The van der Waals surface area contributed by atoms with Crippen LogP contribution in [0.5, 0.6) is 0 Å². The fraction of sp³-hybridized carbons (Fsp3) is 0.533. The molecule has 2 rings (SSSR count). The minimum atomic E-state index is -3.35. The number of carboxylic acid groups (broad SMARTS) is 1. The van der Waals surface area contributed by atoms with E-state index in [-0.39, 0.29) is 18.4 Å². The summed E-state index contributed by atoms with van der Waals surface area (Å²) in [6.07, 6.45) is 3.44. The first-order chi connectivity index (χ1) is 9.80. The van der Waals surface area contributed by atoms with Gasteiger partial charge < -0.3 is 5.11 Å². The van der Waals surface area contributed by atoms with E-state index in [0.29, 0.717) is 12.8 Å². The molecule has 0 amide bonds. The summed E-state index contributed by atoms with van der Waals surface area (Å²) in [5.74, 6) is -0.659. The molecule has 0 aromatic heterocycles. The van der Waals surface area contributed by atoms with Gasteiger partial charge in [-0.15, -0.1) is 0 Å². The van der Waals surface area contributed by atoms with Gasteiger partial charge in [0.25, 0.3) is 0 Å². The van der Waals surface area contributed by atoms with Crippen molar-refractivity contribution < 1.29 is 18.3 Å². The lowest BCUT2D eigenvalue weighted by Crippen LogP contribution is -2.46. The quantitative estimate of drug-likeness (QED) is 0.905. The van der Waals surface area contributed by atoms with Crippen LogP contribution in [0.15, 0.2) is 24.3 Å². The van der Waals surface area contributed by atoms with Gasteiger partial charge in [0, 0.05) is 12.5 Å². The Hall–Kier alpha value is -1.56. The van der Waals surface area contributed by atoms with Crippen molar-refractivity contribution in [1.29, 1.82) is 0 Å². The number of benzene rings is 1. The molecule has 6 heteroatoms. The van der Waals surface area contributed by atoms with E-state index in [1.54, 1.807) is 0 Å². The van der Waals surface area contributed by atoms with E-state index in [1.165, 1.54) is 10.6 Å². The van der Waals surface area contributed by atoms with E-state index >= 15 is 0 Å². The van der Waals surface area contributed by atoms with Crippen LogP contribution in [-0.4, -0.2) is 31.8 Å². The zero-order chi connectivity index (χ0) is 15.6. The van der Waals surface area contributed by atoms with Crippen LogP contribution in [0.2, 0.25) is 0 Å². The summed E-state index contributed by atoms with van der Waals surface area (Å²) in [5, 5.41) is 8.74. The molecular weight excluding hydrogens is 290 g/mol. The number of carbonyl (C=O) groups is 1. The smallest absolute Gasteiger partial charge is 0.303 e. The molecule has 1 aromatic rings. The van der Waals surface area contributed by atoms with Crippen molar-refractivity contribution in [3.8, 4) is 0 Å². The van der Waals surface area contributed by atoms with Crippen LogP contribution in [0.1, 0.15) is 31.7 Å². The zero-order valence-corrected chi connectivity index (χ0v) is 13.1. The predicted molar refractivity (Wildman–Crippen MR) is 81.9 cm³/mol. The molecule has 1 heterocycles. The van der Waals surface area contributed by atoms with E-state index in [4.69, 9.17) is 5.11 Å². The lowest BCUT2D eigenvalue weighted by atomic mass is 9.84. The second kappa shape index (κ2) is 6.05. The highest BCUT2D eigenvalue weighted by Gasteiger charge is 2.35. The number of carboxylic acids is 1. The average Bonchev–Trinajstić information content (AvgIpc) is 2.37. The fourth-order valence-electron chi connectivity index (χ4n) is 3.10. The maximum absolute atomic E-state index is 12.1. The second-order valence-electron chi connectivity index (χ2n) is 5.68. The molecule has 0 aliphatic carbocycles. The van der Waals surface area contributed by atoms with Crippen LogP contribution in [0.4, 0.5) is 5.69 Å². The third-order valence-corrected chi connectivity index (χ3v) is 5.33. The van der Waals surface area contributed by atoms with Gasteiger partial charge >= 0.3 is 5.97 Å². The van der Waals surface area contributed by atoms with Crippen LogP contribution in [0.3, 0.4) is 0 Å². The summed E-state index contributed by atoms with van der Waals surface area (Å²) >= 11 is 0. The highest BCUT2D eigenvalue weighted by atomic mass is 32.2. The lowest BCUT2D eigenvalue weighted by Gasteiger charge is -2.40. The number of fused-ring (bicyclic) bond motifs is 1. The number of hydrogen-bond acceptors (Lipinski definition) is 3. The number of nitrogens with zero attached hydrogens (tertiary/aromatic N) is 1. The van der Waals surface area contributed by atoms with E-state index in [9.17, 15) is 13.2 Å². The Balaban J connectivity index is 2.27. The highest BCUT2D eigenvalue weighted by Crippen LogP contribution is 2.37. The number of hydrogen-bond donors (Lipinski definition) is 1. The van der Waals surface area contributed by atoms with Crippen molar-refractivity contribution in [2.24, 2.45) is 5.92 Å². The summed E-state index contributed by atoms with van der Waals surface area (Å²) in [4.78, 5) is 10.6. The Morgan fingerprint density at radius 2 is 2.05 bits per heavy atom. The summed E-state index contributed by atoms with van der Waals surface area (Å²) in [5.41, 5.74) is 1.77. The first-order valence-electron chi connectivity index (χ1n) is 7.10. The van der Waals surface area contributed by atoms with Crippen molar-refractivity contribution in [3.05, 3.63) is 29.8 Å². The Labute approximate surface area is 125 Å². The monoisotopic (exact) mass is 311 g/mol. The second-order valence-corrected chi connectivity index (χ2v) is 7.54. The van der Waals surface area contributed by atoms with Gasteiger partial charge in [0.1, 0.15) is 0 Å². The van der Waals surface area contributed by atoms with Crippen LogP contribution in [0, 0.1) is 5.92 Å². The van der Waals surface area contributed by atoms with Gasteiger partial charge in [-0.3, -0.25) is 9.10 Å². The molecule has 0 radical (unpaired) electrons. The molecule has 0 fully saturated rings. The molecule has 0 saturated carbocycles. The molecular formula is C15H21NO4S. The molecule has 0 spiro atoms. The topological polar surface area (TPSA) is 74.7 Å². The van der Waals surface area contributed by atoms with Gasteiger partial charge in [0.15, 0.2) is 0 Å². The third kappa shape index (κ3) is 3.56. The van der Waals surface area contributed by atoms with Gasteiger partial charge in [-0.05, 0) is 43.7 Å². The Morgan fingerprint density at radius 1 is 1.38 bits per heavy atom. The number of rotatable bonds is 5. The fourth-order valence-corrected chi connectivity index (χ4v) is 4.41. The molecule has 1 N–H and O–H groups in total. The molecule has 2 atom stereocenters. The molecule has 21 heavy (non-hydrogen) atoms. The Kier molecular flexibility index (Phi) is 4.56. The summed E-state index contributed by atoms with van der Waals surface area (Å²) in [6, 6.07) is 7.38. The molecule has 0 unspecified atom stereocenters. The predicted octanol–water partition coefficient (Wildman–Crippen LogP) is 2.27. The van der Waals surface area contributed by atoms with Crippen LogP contribution in [-0.2, 0) is 21.2 Å². The van der Waals surface area contributed by atoms with E-state index < -0.39 is 16.0 Å². The van der Waals surface area contributed by atoms with Crippen LogP contribution < -0.4 is 4.31 Å². The van der Waals surface area contributed by atoms with Crippen molar-refractivity contribution in [2.75, 3.05) is 10.6 Å². The summed E-state index contributed by atoms with van der Waals surface area (Å²) in [6.45, 7) is 1.91. The molecule has 1 aromatic carbocycles. The standard InChI is InChI=1S/C15H21NO4S/c1-11-12(7-5-9-15(17)18)10-13-6-3-4-8-14(13)16(11)21(2,19)20/h3-4,6,8,11-12H,5,7,9-10H2,1-2H3,(H,17,18)/t11-,12-/m1/s1. The number of sulfonamides is 1. The van der Waals surface area contributed by atoms with Gasteiger partial charge in [-0.2, -0.15) is 0 Å². The normalized spacial score (nSPS) is 21.9. The van der Waals surface area contributed by atoms with Gasteiger partial charge in [0.2, 0.25) is 10.0 Å². The number of aliphatic carboxylic acids is 1. The van der Waals surface area contributed by atoms with Crippen molar-refractivity contribution in [3.63, 3.8) is 0 Å². The van der Waals surface area contributed by atoms with Crippen molar-refractivity contribution >= 4 is 21.7 Å². The largest absolute Gasteiger partial charge is 0.481 e. The molecule has 116 valence electrons. The minimum absolute atomic E-state index is 0.129. The van der Waals surface area contributed by atoms with Gasteiger partial charge in [-0.1, -0.05) is 18.2 Å². The average molecular weight is 311 g/mol. The molecule has 1 aliphatic heterocycles. The van der Waals surface area contributed by atoms with Crippen LogP contribution >= 0.6 is 0 Å². The minimum Gasteiger partial charge on any atom is -0.481 e. The number of para-hydroxylation sites is 1. The van der Waals surface area contributed by atoms with Crippen molar-refractivity contribution in [1.82, 2.24) is 0 Å². The SMILES string of the molecule is C[C@@H]1[C@H](CCCC(=O)O)Cc2ccccc2N1S(C)(=O)=O. The lowest BCUT2D eigenvalue weighted by molar-refractivity contribution is -0.137. The maximum Gasteiger partial charge on any atom is 0.303 e. The molecule has 0 saturated heterocycles. The molecule has 1 aliphatic rings. The first kappa shape index (κ1) is 15.8. The van der Waals surface area contributed by atoms with E-state index in [1.807, 2.05) is 31.2 Å². The zero-order valence-electron chi connectivity index (χ0n) is 12.3. The van der Waals surface area contributed by atoms with E-state index in [0.717, 1.165) is 17.7 Å². The summed E-state index contributed by atoms with van der Waals surface area (Å²) < 4.78 is 25.7. The summed E-state index contributed by atoms with van der Waals surface area (Å²) in [7, 11) is -3.35. The van der Waals surface area contributed by atoms with Crippen LogP contribution in [0.25, 0.3) is 0 Å². The van der Waals surface area contributed by atoms with E-state index in [2.05, 4.69) is 0 Å². The first-order valence-corrected chi connectivity index (χ1v) is 8.94. The third-order valence-electron chi connectivity index (χ3n) is 4.09. The molecule has 5 nitrogen and oxygen atoms in total. The van der Waals surface area contributed by atoms with Gasteiger partial charge in [-0.25, -0.2) is 8.42 Å². The Bertz CT molecular complexity index is 626. The van der Waals surface area contributed by atoms with Gasteiger partial charge in [0.05, 0.1) is 11.9 Å². The number of anilines is 1.